The van der Waals surface area contributed by atoms with Crippen LogP contribution in [0.2, 0.25) is 0 Å². The zero-order chi connectivity index (χ0) is 19.2. The largest absolute Gasteiger partial charge is 0.391 e. The van der Waals surface area contributed by atoms with Crippen molar-refractivity contribution < 1.29 is 14.8 Å². The predicted octanol–water partition coefficient (Wildman–Crippen LogP) is 3.24. The molecule has 142 valence electrons. The van der Waals surface area contributed by atoms with E-state index < -0.39 is 16.9 Å². The van der Waals surface area contributed by atoms with Crippen molar-refractivity contribution in [2.45, 2.75) is 44.4 Å². The molecule has 1 aliphatic rings. The number of benzene rings is 2. The molecule has 2 aromatic rings. The summed E-state index contributed by atoms with van der Waals surface area (Å²) in [4.78, 5) is 23.7. The van der Waals surface area contributed by atoms with Gasteiger partial charge in [-0.3, -0.25) is 14.9 Å². The van der Waals surface area contributed by atoms with Crippen LogP contribution < -0.4 is 10.6 Å². The van der Waals surface area contributed by atoms with Crippen LogP contribution in [-0.2, 0) is 6.54 Å². The number of hydrogen-bond acceptors (Lipinski definition) is 5. The topological polar surface area (TPSA) is 104 Å². The van der Waals surface area contributed by atoms with Crippen LogP contribution in [-0.4, -0.2) is 28.1 Å². The number of hydrogen-bond donors (Lipinski definition) is 3. The number of rotatable bonds is 6. The molecule has 0 aliphatic heterocycles. The number of nitro groups is 1. The van der Waals surface area contributed by atoms with Crippen molar-refractivity contribution >= 4 is 17.3 Å². The minimum Gasteiger partial charge on any atom is -0.391 e. The van der Waals surface area contributed by atoms with E-state index in [2.05, 4.69) is 10.6 Å². The van der Waals surface area contributed by atoms with Gasteiger partial charge >= 0.3 is 0 Å². The average molecular weight is 369 g/mol. The molecule has 27 heavy (non-hydrogen) atoms. The molecule has 1 fully saturated rings. The Morgan fingerprint density at radius 2 is 1.85 bits per heavy atom. The normalized spacial score (nSPS) is 19.3. The molecule has 0 bridgehead atoms. The molecule has 2 unspecified atom stereocenters. The first-order valence-electron chi connectivity index (χ1n) is 9.10. The first-order valence-corrected chi connectivity index (χ1v) is 9.10. The Hall–Kier alpha value is -2.93. The van der Waals surface area contributed by atoms with E-state index in [1.54, 1.807) is 6.07 Å². The quantitative estimate of drug-likeness (QED) is 0.536. The molecule has 0 spiro atoms. The summed E-state index contributed by atoms with van der Waals surface area (Å²) in [6.07, 6.45) is 2.64. The van der Waals surface area contributed by atoms with Gasteiger partial charge in [-0.1, -0.05) is 49.2 Å². The van der Waals surface area contributed by atoms with Gasteiger partial charge in [0.05, 0.1) is 22.6 Å². The SMILES string of the molecule is O=C(NCc1ccccc1)c1cccc([N+](=O)[O-])c1NC1CCCCC1O. The lowest BCUT2D eigenvalue weighted by Crippen LogP contribution is -2.37. The van der Waals surface area contributed by atoms with Crippen LogP contribution in [0.25, 0.3) is 0 Å². The number of anilines is 1. The molecule has 2 aromatic carbocycles. The summed E-state index contributed by atoms with van der Waals surface area (Å²) >= 11 is 0. The van der Waals surface area contributed by atoms with Gasteiger partial charge in [-0.15, -0.1) is 0 Å². The number of amides is 1. The smallest absolute Gasteiger partial charge is 0.293 e. The monoisotopic (exact) mass is 369 g/mol. The van der Waals surface area contributed by atoms with Crippen LogP contribution in [0.1, 0.15) is 41.6 Å². The highest BCUT2D eigenvalue weighted by Gasteiger charge is 2.28. The molecule has 0 aromatic heterocycles. The number of nitro benzene ring substituents is 1. The number of para-hydroxylation sites is 1. The van der Waals surface area contributed by atoms with Gasteiger partial charge in [0, 0.05) is 12.6 Å². The third-order valence-electron chi connectivity index (χ3n) is 4.84. The summed E-state index contributed by atoms with van der Waals surface area (Å²) in [5, 5.41) is 27.6. The highest BCUT2D eigenvalue weighted by atomic mass is 16.6. The van der Waals surface area contributed by atoms with E-state index in [1.165, 1.54) is 12.1 Å². The third kappa shape index (κ3) is 4.62. The maximum absolute atomic E-state index is 12.7. The predicted molar refractivity (Wildman–Crippen MR) is 103 cm³/mol. The van der Waals surface area contributed by atoms with Crippen LogP contribution in [0.15, 0.2) is 48.5 Å². The van der Waals surface area contributed by atoms with E-state index in [1.807, 2.05) is 30.3 Å². The van der Waals surface area contributed by atoms with Gasteiger partial charge in [-0.05, 0) is 24.5 Å². The lowest BCUT2D eigenvalue weighted by Gasteiger charge is -2.29. The molecule has 0 saturated heterocycles. The van der Waals surface area contributed by atoms with Gasteiger partial charge in [0.1, 0.15) is 5.69 Å². The molecule has 3 rings (SSSR count). The van der Waals surface area contributed by atoms with Crippen LogP contribution in [0, 0.1) is 10.1 Å². The highest BCUT2D eigenvalue weighted by molar-refractivity contribution is 6.01. The fourth-order valence-electron chi connectivity index (χ4n) is 3.37. The Morgan fingerprint density at radius 1 is 1.11 bits per heavy atom. The molecule has 0 radical (unpaired) electrons. The Balaban J connectivity index is 1.83. The van der Waals surface area contributed by atoms with Gasteiger partial charge in [0.2, 0.25) is 0 Å². The van der Waals surface area contributed by atoms with Crippen LogP contribution in [0.5, 0.6) is 0 Å². The second-order valence-corrected chi connectivity index (χ2v) is 6.73. The van der Waals surface area contributed by atoms with E-state index in [-0.39, 0.29) is 23.0 Å². The first-order chi connectivity index (χ1) is 13.1. The maximum atomic E-state index is 12.7. The van der Waals surface area contributed by atoms with Gasteiger partial charge in [0.15, 0.2) is 0 Å². The molecule has 1 aliphatic carbocycles. The number of carbonyl (C=O) groups is 1. The molecule has 0 heterocycles. The number of aliphatic hydroxyl groups is 1. The van der Waals surface area contributed by atoms with Gasteiger partial charge in [0.25, 0.3) is 11.6 Å². The fraction of sp³-hybridized carbons (Fsp3) is 0.350. The van der Waals surface area contributed by atoms with E-state index in [4.69, 9.17) is 0 Å². The number of carbonyl (C=O) groups excluding carboxylic acids is 1. The molecule has 1 saturated carbocycles. The van der Waals surface area contributed by atoms with Gasteiger partial charge in [-0.2, -0.15) is 0 Å². The third-order valence-corrected chi connectivity index (χ3v) is 4.84. The summed E-state index contributed by atoms with van der Waals surface area (Å²) in [6.45, 7) is 0.327. The minimum atomic E-state index is -0.584. The van der Waals surface area contributed by atoms with Crippen molar-refractivity contribution in [2.24, 2.45) is 0 Å². The van der Waals surface area contributed by atoms with Crippen LogP contribution in [0.4, 0.5) is 11.4 Å². The van der Waals surface area contributed by atoms with Crippen molar-refractivity contribution in [1.29, 1.82) is 0 Å². The lowest BCUT2D eigenvalue weighted by molar-refractivity contribution is -0.384. The van der Waals surface area contributed by atoms with Crippen molar-refractivity contribution in [3.05, 3.63) is 69.8 Å². The van der Waals surface area contributed by atoms with Crippen molar-refractivity contribution in [1.82, 2.24) is 5.32 Å². The second kappa shape index (κ2) is 8.64. The standard InChI is InChI=1S/C20H23N3O4/c24-18-12-5-4-10-16(18)22-19-15(9-6-11-17(19)23(26)27)20(25)21-13-14-7-2-1-3-8-14/h1-3,6-9,11,16,18,22,24H,4-5,10,12-13H2,(H,21,25). The summed E-state index contributed by atoms with van der Waals surface area (Å²) in [5.74, 6) is -0.393. The Bertz CT molecular complexity index is 810. The molecule has 1 amide bonds. The molecule has 2 atom stereocenters. The maximum Gasteiger partial charge on any atom is 0.293 e. The number of aliphatic hydroxyl groups excluding tert-OH is 1. The molecule has 3 N–H and O–H groups in total. The molecular weight excluding hydrogens is 346 g/mol. The van der Waals surface area contributed by atoms with Crippen LogP contribution >= 0.6 is 0 Å². The Morgan fingerprint density at radius 3 is 2.56 bits per heavy atom. The first kappa shape index (κ1) is 18.8. The van der Waals surface area contributed by atoms with Crippen molar-refractivity contribution in [3.63, 3.8) is 0 Å². The van der Waals surface area contributed by atoms with Gasteiger partial charge in [-0.25, -0.2) is 0 Å². The Labute approximate surface area is 157 Å². The van der Waals surface area contributed by atoms with E-state index in [0.29, 0.717) is 19.4 Å². The second-order valence-electron chi connectivity index (χ2n) is 6.73. The van der Waals surface area contributed by atoms with Gasteiger partial charge < -0.3 is 15.7 Å². The molecular formula is C20H23N3O4. The highest BCUT2D eigenvalue weighted by Crippen LogP contribution is 2.32. The average Bonchev–Trinajstić information content (AvgIpc) is 2.68. The summed E-state index contributed by atoms with van der Waals surface area (Å²) in [7, 11) is 0. The van der Waals surface area contributed by atoms with E-state index in [0.717, 1.165) is 18.4 Å². The fourth-order valence-corrected chi connectivity index (χ4v) is 3.37. The van der Waals surface area contributed by atoms with Crippen molar-refractivity contribution in [2.75, 3.05) is 5.32 Å². The van der Waals surface area contributed by atoms with Crippen molar-refractivity contribution in [3.8, 4) is 0 Å². The van der Waals surface area contributed by atoms with E-state index in [9.17, 15) is 20.0 Å². The summed E-state index contributed by atoms with van der Waals surface area (Å²) < 4.78 is 0. The number of nitrogens with one attached hydrogen (secondary N) is 2. The lowest BCUT2D eigenvalue weighted by atomic mass is 9.92. The summed E-state index contributed by atoms with van der Waals surface area (Å²) in [6, 6.07) is 13.6. The van der Waals surface area contributed by atoms with E-state index >= 15 is 0 Å². The summed E-state index contributed by atoms with van der Waals surface area (Å²) in [5.41, 5.74) is 1.14. The zero-order valence-corrected chi connectivity index (χ0v) is 14.9. The number of nitrogens with zero attached hydrogens (tertiary/aromatic N) is 1. The molecule has 7 heteroatoms. The Kier molecular flexibility index (Phi) is 6.03. The van der Waals surface area contributed by atoms with Crippen LogP contribution in [0.3, 0.4) is 0 Å². The minimum absolute atomic E-state index is 0.166. The zero-order valence-electron chi connectivity index (χ0n) is 14.9. The molecule has 7 nitrogen and oxygen atoms in total.